The molecule has 114 valence electrons. The van der Waals surface area contributed by atoms with Gasteiger partial charge in [0.15, 0.2) is 0 Å². The van der Waals surface area contributed by atoms with Crippen LogP contribution in [0.15, 0.2) is 47.3 Å². The largest absolute Gasteiger partial charge is 0.306 e. The highest BCUT2D eigenvalue weighted by atomic mass is 35.5. The summed E-state index contributed by atoms with van der Waals surface area (Å²) in [5.74, 6) is 0.392. The summed E-state index contributed by atoms with van der Waals surface area (Å²) in [6.45, 7) is 0. The van der Waals surface area contributed by atoms with Crippen LogP contribution in [-0.4, -0.2) is 14.9 Å². The Kier molecular flexibility index (Phi) is 3.91. The molecule has 0 unspecified atom stereocenters. The fourth-order valence-corrected chi connectivity index (χ4v) is 2.26. The third-order valence-electron chi connectivity index (χ3n) is 3.22. The molecule has 3 rings (SSSR count). The number of nitro benzene ring substituents is 1. The molecule has 0 bridgehead atoms. The van der Waals surface area contributed by atoms with Crippen molar-refractivity contribution in [3.8, 4) is 0 Å². The van der Waals surface area contributed by atoms with Crippen molar-refractivity contribution in [2.24, 2.45) is 0 Å². The summed E-state index contributed by atoms with van der Waals surface area (Å²) < 4.78 is 0. The molecule has 23 heavy (non-hydrogen) atoms. The van der Waals surface area contributed by atoms with Crippen molar-refractivity contribution in [2.45, 2.75) is 0 Å². The monoisotopic (exact) mass is 327 g/mol. The molecule has 0 saturated carbocycles. The van der Waals surface area contributed by atoms with Gasteiger partial charge in [-0.2, -0.15) is 0 Å². The second-order valence-corrected chi connectivity index (χ2v) is 5.23. The van der Waals surface area contributed by atoms with Crippen molar-refractivity contribution in [3.05, 3.63) is 79.3 Å². The summed E-state index contributed by atoms with van der Waals surface area (Å²) in [6, 6.07) is 11.0. The number of rotatable bonds is 3. The van der Waals surface area contributed by atoms with E-state index in [-0.39, 0.29) is 11.2 Å². The standard InChI is InChI=1S/C16H10ClN3O3/c17-11-4-7-14-13(9-11)16(21)19-15(18-14)8-3-10-1-5-12(6-2-10)20(22)23/h1-9H,(H,18,19,21)/b8-3+. The van der Waals surface area contributed by atoms with Gasteiger partial charge < -0.3 is 4.98 Å². The lowest BCUT2D eigenvalue weighted by atomic mass is 10.2. The van der Waals surface area contributed by atoms with Gasteiger partial charge in [-0.05, 0) is 42.0 Å². The normalized spacial score (nSPS) is 11.2. The summed E-state index contributed by atoms with van der Waals surface area (Å²) in [5.41, 5.74) is 1.05. The number of hydrogen-bond donors (Lipinski definition) is 1. The second-order valence-electron chi connectivity index (χ2n) is 4.79. The number of non-ortho nitro benzene ring substituents is 1. The molecule has 0 atom stereocenters. The Morgan fingerprint density at radius 3 is 2.57 bits per heavy atom. The maximum absolute atomic E-state index is 12.0. The van der Waals surface area contributed by atoms with Crippen LogP contribution in [-0.2, 0) is 0 Å². The number of fused-ring (bicyclic) bond motifs is 1. The van der Waals surface area contributed by atoms with Gasteiger partial charge in [-0.15, -0.1) is 0 Å². The average Bonchev–Trinajstić information content (AvgIpc) is 2.54. The number of halogens is 1. The molecule has 3 aromatic rings. The molecule has 0 spiro atoms. The van der Waals surface area contributed by atoms with Crippen LogP contribution >= 0.6 is 11.6 Å². The van der Waals surface area contributed by atoms with Crippen LogP contribution in [0.1, 0.15) is 11.4 Å². The molecule has 0 amide bonds. The van der Waals surface area contributed by atoms with Gasteiger partial charge in [0, 0.05) is 17.2 Å². The average molecular weight is 328 g/mol. The van der Waals surface area contributed by atoms with Crippen LogP contribution in [0.25, 0.3) is 23.1 Å². The molecule has 0 saturated heterocycles. The van der Waals surface area contributed by atoms with E-state index in [4.69, 9.17) is 11.6 Å². The minimum atomic E-state index is -0.457. The Hall–Kier alpha value is -2.99. The van der Waals surface area contributed by atoms with Crippen LogP contribution in [0.2, 0.25) is 5.02 Å². The van der Waals surface area contributed by atoms with Gasteiger partial charge in [-0.3, -0.25) is 14.9 Å². The van der Waals surface area contributed by atoms with Crippen molar-refractivity contribution in [1.29, 1.82) is 0 Å². The van der Waals surface area contributed by atoms with Gasteiger partial charge in [0.05, 0.1) is 15.8 Å². The van der Waals surface area contributed by atoms with E-state index in [0.717, 1.165) is 5.56 Å². The van der Waals surface area contributed by atoms with E-state index >= 15 is 0 Å². The number of nitrogens with one attached hydrogen (secondary N) is 1. The highest BCUT2D eigenvalue weighted by molar-refractivity contribution is 6.31. The zero-order chi connectivity index (χ0) is 16.4. The Balaban J connectivity index is 1.93. The molecule has 7 heteroatoms. The topological polar surface area (TPSA) is 88.9 Å². The zero-order valence-corrected chi connectivity index (χ0v) is 12.4. The van der Waals surface area contributed by atoms with Crippen molar-refractivity contribution >= 4 is 40.3 Å². The van der Waals surface area contributed by atoms with Crippen LogP contribution in [0.4, 0.5) is 5.69 Å². The minimum Gasteiger partial charge on any atom is -0.306 e. The molecule has 0 fully saturated rings. The molecule has 1 heterocycles. The predicted octanol–water partition coefficient (Wildman–Crippen LogP) is 3.66. The molecule has 6 nitrogen and oxygen atoms in total. The first-order chi connectivity index (χ1) is 11.0. The molecule has 2 aromatic carbocycles. The van der Waals surface area contributed by atoms with Crippen molar-refractivity contribution in [1.82, 2.24) is 9.97 Å². The number of benzene rings is 2. The lowest BCUT2D eigenvalue weighted by Crippen LogP contribution is -2.09. The van der Waals surface area contributed by atoms with E-state index in [1.165, 1.54) is 12.1 Å². The number of aromatic amines is 1. The lowest BCUT2D eigenvalue weighted by molar-refractivity contribution is -0.384. The van der Waals surface area contributed by atoms with E-state index < -0.39 is 4.92 Å². The second kappa shape index (κ2) is 6.02. The lowest BCUT2D eigenvalue weighted by Gasteiger charge is -1.99. The number of hydrogen-bond acceptors (Lipinski definition) is 4. The third-order valence-corrected chi connectivity index (χ3v) is 3.46. The summed E-state index contributed by atoms with van der Waals surface area (Å²) in [5, 5.41) is 11.5. The van der Waals surface area contributed by atoms with E-state index in [0.29, 0.717) is 21.7 Å². The van der Waals surface area contributed by atoms with E-state index in [9.17, 15) is 14.9 Å². The summed E-state index contributed by atoms with van der Waals surface area (Å²) >= 11 is 5.86. The first-order valence-corrected chi connectivity index (χ1v) is 7.03. The van der Waals surface area contributed by atoms with E-state index in [1.807, 2.05) is 0 Å². The van der Waals surface area contributed by atoms with Crippen molar-refractivity contribution in [3.63, 3.8) is 0 Å². The third kappa shape index (κ3) is 3.27. The highest BCUT2D eigenvalue weighted by Gasteiger charge is 2.04. The quantitative estimate of drug-likeness (QED) is 0.587. The highest BCUT2D eigenvalue weighted by Crippen LogP contribution is 2.16. The molecular formula is C16H10ClN3O3. The first-order valence-electron chi connectivity index (χ1n) is 6.65. The molecule has 0 aliphatic heterocycles. The first kappa shape index (κ1) is 14.9. The SMILES string of the molecule is O=c1[nH]c(/C=C/c2ccc([N+](=O)[O-])cc2)nc2ccc(Cl)cc12. The predicted molar refractivity (Wildman–Crippen MR) is 89.4 cm³/mol. The molecule has 1 N–H and O–H groups in total. The van der Waals surface area contributed by atoms with Crippen LogP contribution in [0.5, 0.6) is 0 Å². The zero-order valence-electron chi connectivity index (χ0n) is 11.7. The van der Waals surface area contributed by atoms with E-state index in [2.05, 4.69) is 9.97 Å². The van der Waals surface area contributed by atoms with E-state index in [1.54, 1.807) is 42.5 Å². The molecule has 0 aliphatic rings. The molecule has 0 radical (unpaired) electrons. The number of aromatic nitrogens is 2. The fraction of sp³-hybridized carbons (Fsp3) is 0. The Morgan fingerprint density at radius 2 is 1.87 bits per heavy atom. The molecule has 0 aliphatic carbocycles. The van der Waals surface area contributed by atoms with Crippen LogP contribution in [0, 0.1) is 10.1 Å². The maximum atomic E-state index is 12.0. The number of nitro groups is 1. The Bertz CT molecular complexity index is 978. The summed E-state index contributed by atoms with van der Waals surface area (Å²) in [6.07, 6.45) is 3.35. The molecular weight excluding hydrogens is 318 g/mol. The van der Waals surface area contributed by atoms with Gasteiger partial charge in [0.1, 0.15) is 5.82 Å². The van der Waals surface area contributed by atoms with Crippen LogP contribution in [0.3, 0.4) is 0 Å². The van der Waals surface area contributed by atoms with Crippen molar-refractivity contribution < 1.29 is 4.92 Å². The summed E-state index contributed by atoms with van der Waals surface area (Å²) in [7, 11) is 0. The Morgan fingerprint density at radius 1 is 1.13 bits per heavy atom. The van der Waals surface area contributed by atoms with Gasteiger partial charge in [-0.1, -0.05) is 17.7 Å². The number of H-pyrrole nitrogens is 1. The maximum Gasteiger partial charge on any atom is 0.269 e. The van der Waals surface area contributed by atoms with Gasteiger partial charge in [0.25, 0.3) is 11.2 Å². The Labute approximate surface area is 135 Å². The minimum absolute atomic E-state index is 0.0243. The fourth-order valence-electron chi connectivity index (χ4n) is 2.09. The van der Waals surface area contributed by atoms with Gasteiger partial charge in [0.2, 0.25) is 0 Å². The van der Waals surface area contributed by atoms with Crippen molar-refractivity contribution in [2.75, 3.05) is 0 Å². The molecule has 1 aromatic heterocycles. The van der Waals surface area contributed by atoms with Crippen LogP contribution < -0.4 is 5.56 Å². The smallest absolute Gasteiger partial charge is 0.269 e. The van der Waals surface area contributed by atoms with Gasteiger partial charge >= 0.3 is 0 Å². The number of nitrogens with zero attached hydrogens (tertiary/aromatic N) is 2. The summed E-state index contributed by atoms with van der Waals surface area (Å²) in [4.78, 5) is 29.2. The van der Waals surface area contributed by atoms with Gasteiger partial charge in [-0.25, -0.2) is 4.98 Å².